The number of carbonyl (C=O) groups is 1. The zero-order valence-electron chi connectivity index (χ0n) is 11.4. The molecule has 0 radical (unpaired) electrons. The number of anilines is 1. The van der Waals surface area contributed by atoms with Crippen LogP contribution in [0.3, 0.4) is 0 Å². The maximum Gasteiger partial charge on any atom is 0.315 e. The molecule has 3 rings (SSSR count). The molecule has 1 aromatic heterocycles. The molecule has 1 heterocycles. The van der Waals surface area contributed by atoms with E-state index in [2.05, 4.69) is 17.2 Å². The predicted molar refractivity (Wildman–Crippen MR) is 75.6 cm³/mol. The molecule has 19 heavy (non-hydrogen) atoms. The molecule has 0 bridgehead atoms. The first-order valence-electron chi connectivity index (χ1n) is 7.15. The van der Waals surface area contributed by atoms with E-state index >= 15 is 0 Å². The van der Waals surface area contributed by atoms with Gasteiger partial charge in [0.2, 0.25) is 0 Å². The Morgan fingerprint density at radius 3 is 3.05 bits per heavy atom. The second-order valence-corrected chi connectivity index (χ2v) is 6.41. The minimum absolute atomic E-state index is 0.115. The van der Waals surface area contributed by atoms with E-state index in [4.69, 9.17) is 4.74 Å². The lowest BCUT2D eigenvalue weighted by atomic mass is 10.1. The van der Waals surface area contributed by atoms with Crippen molar-refractivity contribution >= 4 is 22.4 Å². The van der Waals surface area contributed by atoms with E-state index in [1.54, 1.807) is 11.3 Å². The van der Waals surface area contributed by atoms with Crippen LogP contribution in [0.15, 0.2) is 0 Å². The van der Waals surface area contributed by atoms with Crippen molar-refractivity contribution in [2.75, 3.05) is 11.9 Å². The SMILES string of the molecule is CCOC(=O)C1CCc2sc(NC3CC3CC)nc21. The third-order valence-corrected chi connectivity index (χ3v) is 5.11. The number of hydrogen-bond donors (Lipinski definition) is 1. The van der Waals surface area contributed by atoms with Gasteiger partial charge < -0.3 is 10.1 Å². The summed E-state index contributed by atoms with van der Waals surface area (Å²) in [5, 5.41) is 4.48. The zero-order chi connectivity index (χ0) is 13.4. The lowest BCUT2D eigenvalue weighted by Crippen LogP contribution is -2.14. The monoisotopic (exact) mass is 280 g/mol. The van der Waals surface area contributed by atoms with Crippen molar-refractivity contribution in [2.24, 2.45) is 5.92 Å². The van der Waals surface area contributed by atoms with Crippen molar-refractivity contribution in [2.45, 2.75) is 51.5 Å². The number of fused-ring (bicyclic) bond motifs is 1. The first kappa shape index (κ1) is 12.9. The second kappa shape index (κ2) is 5.12. The molecule has 0 saturated heterocycles. The smallest absolute Gasteiger partial charge is 0.315 e. The molecule has 0 spiro atoms. The molecule has 1 N–H and O–H groups in total. The standard InChI is InChI=1S/C14H20N2O2S/c1-3-8-7-10(8)15-14-16-12-9(13(17)18-4-2)5-6-11(12)19-14/h8-10H,3-7H2,1-2H3,(H,15,16). The minimum atomic E-state index is -0.136. The van der Waals surface area contributed by atoms with Crippen LogP contribution in [-0.4, -0.2) is 23.6 Å². The van der Waals surface area contributed by atoms with E-state index in [1.807, 2.05) is 6.92 Å². The molecule has 3 atom stereocenters. The third-order valence-electron chi connectivity index (χ3n) is 4.04. The lowest BCUT2D eigenvalue weighted by Gasteiger charge is -2.08. The van der Waals surface area contributed by atoms with Crippen molar-refractivity contribution in [1.82, 2.24) is 4.98 Å². The fourth-order valence-electron chi connectivity index (χ4n) is 2.80. The highest BCUT2D eigenvalue weighted by molar-refractivity contribution is 7.15. The number of hydrogen-bond acceptors (Lipinski definition) is 5. The van der Waals surface area contributed by atoms with Crippen LogP contribution in [0.5, 0.6) is 0 Å². The van der Waals surface area contributed by atoms with Gasteiger partial charge in [-0.1, -0.05) is 13.3 Å². The first-order chi connectivity index (χ1) is 9.22. The number of ether oxygens (including phenoxy) is 1. The van der Waals surface area contributed by atoms with Crippen molar-refractivity contribution in [3.8, 4) is 0 Å². The minimum Gasteiger partial charge on any atom is -0.465 e. The highest BCUT2D eigenvalue weighted by Crippen LogP contribution is 2.42. The highest BCUT2D eigenvalue weighted by atomic mass is 32.1. The lowest BCUT2D eigenvalue weighted by molar-refractivity contribution is -0.145. The Balaban J connectivity index is 1.68. The van der Waals surface area contributed by atoms with Gasteiger partial charge in [-0.15, -0.1) is 11.3 Å². The predicted octanol–water partition coefficient (Wildman–Crippen LogP) is 2.95. The van der Waals surface area contributed by atoms with Crippen LogP contribution < -0.4 is 5.32 Å². The maximum atomic E-state index is 11.9. The molecule has 3 unspecified atom stereocenters. The van der Waals surface area contributed by atoms with Crippen LogP contribution >= 0.6 is 11.3 Å². The van der Waals surface area contributed by atoms with Gasteiger partial charge >= 0.3 is 5.97 Å². The van der Waals surface area contributed by atoms with Gasteiger partial charge in [0.15, 0.2) is 5.13 Å². The van der Waals surface area contributed by atoms with Gasteiger partial charge in [0, 0.05) is 10.9 Å². The summed E-state index contributed by atoms with van der Waals surface area (Å²) >= 11 is 1.71. The number of carbonyl (C=O) groups excluding carboxylic acids is 1. The summed E-state index contributed by atoms with van der Waals surface area (Å²) in [6.45, 7) is 4.52. The van der Waals surface area contributed by atoms with Gasteiger partial charge in [-0.3, -0.25) is 4.79 Å². The van der Waals surface area contributed by atoms with Crippen LogP contribution in [0.4, 0.5) is 5.13 Å². The Morgan fingerprint density at radius 2 is 2.37 bits per heavy atom. The van der Waals surface area contributed by atoms with E-state index in [1.165, 1.54) is 17.7 Å². The van der Waals surface area contributed by atoms with Crippen molar-refractivity contribution < 1.29 is 9.53 Å². The summed E-state index contributed by atoms with van der Waals surface area (Å²) in [6, 6.07) is 0.595. The van der Waals surface area contributed by atoms with Crippen molar-refractivity contribution in [3.05, 3.63) is 10.6 Å². The van der Waals surface area contributed by atoms with Crippen LogP contribution in [-0.2, 0) is 16.0 Å². The van der Waals surface area contributed by atoms with Gasteiger partial charge in [0.1, 0.15) is 5.92 Å². The molecule has 2 aliphatic carbocycles. The number of nitrogens with one attached hydrogen (secondary N) is 1. The summed E-state index contributed by atoms with van der Waals surface area (Å²) < 4.78 is 5.13. The van der Waals surface area contributed by atoms with E-state index in [-0.39, 0.29) is 11.9 Å². The molecule has 0 amide bonds. The summed E-state index contributed by atoms with van der Waals surface area (Å²) in [5.74, 6) is 0.554. The normalized spacial score (nSPS) is 28.0. The molecule has 0 aliphatic heterocycles. The Morgan fingerprint density at radius 1 is 1.53 bits per heavy atom. The number of nitrogens with zero attached hydrogens (tertiary/aromatic N) is 1. The Hall–Kier alpha value is -1.10. The summed E-state index contributed by atoms with van der Waals surface area (Å²) in [4.78, 5) is 17.8. The third kappa shape index (κ3) is 2.48. The molecule has 5 heteroatoms. The Bertz CT molecular complexity index is 486. The van der Waals surface area contributed by atoms with Gasteiger partial charge in [-0.05, 0) is 32.1 Å². The van der Waals surface area contributed by atoms with E-state index in [9.17, 15) is 4.79 Å². The van der Waals surface area contributed by atoms with Crippen LogP contribution in [0.1, 0.15) is 49.6 Å². The number of aromatic nitrogens is 1. The van der Waals surface area contributed by atoms with Gasteiger partial charge in [-0.25, -0.2) is 4.98 Å². The van der Waals surface area contributed by atoms with Crippen LogP contribution in [0.25, 0.3) is 0 Å². The van der Waals surface area contributed by atoms with Crippen molar-refractivity contribution in [1.29, 1.82) is 0 Å². The average Bonchev–Trinajstić information content (AvgIpc) is 2.82. The topological polar surface area (TPSA) is 51.2 Å². The van der Waals surface area contributed by atoms with Gasteiger partial charge in [-0.2, -0.15) is 0 Å². The quantitative estimate of drug-likeness (QED) is 0.843. The van der Waals surface area contributed by atoms with Crippen molar-refractivity contribution in [3.63, 3.8) is 0 Å². The summed E-state index contributed by atoms with van der Waals surface area (Å²) in [7, 11) is 0. The number of esters is 1. The summed E-state index contributed by atoms with van der Waals surface area (Å²) in [5.41, 5.74) is 0.958. The average molecular weight is 280 g/mol. The van der Waals surface area contributed by atoms with Crippen LogP contribution in [0.2, 0.25) is 0 Å². The van der Waals surface area contributed by atoms with E-state index in [0.717, 1.165) is 29.6 Å². The maximum absolute atomic E-state index is 11.9. The molecule has 4 nitrogen and oxygen atoms in total. The van der Waals surface area contributed by atoms with Gasteiger partial charge in [0.25, 0.3) is 0 Å². The molecule has 1 saturated carbocycles. The van der Waals surface area contributed by atoms with Crippen LogP contribution in [0, 0.1) is 5.92 Å². The largest absolute Gasteiger partial charge is 0.465 e. The molecule has 104 valence electrons. The fraction of sp³-hybridized carbons (Fsp3) is 0.714. The molecule has 1 fully saturated rings. The number of aryl methyl sites for hydroxylation is 1. The fourth-order valence-corrected chi connectivity index (χ4v) is 3.90. The van der Waals surface area contributed by atoms with E-state index < -0.39 is 0 Å². The Labute approximate surface area is 117 Å². The number of thiazole rings is 1. The molecular weight excluding hydrogens is 260 g/mol. The molecular formula is C14H20N2O2S. The molecule has 2 aliphatic rings. The first-order valence-corrected chi connectivity index (χ1v) is 7.97. The van der Waals surface area contributed by atoms with Gasteiger partial charge in [0.05, 0.1) is 12.3 Å². The second-order valence-electron chi connectivity index (χ2n) is 5.33. The number of rotatable bonds is 5. The summed E-state index contributed by atoms with van der Waals surface area (Å²) in [6.07, 6.45) is 4.30. The van der Waals surface area contributed by atoms with E-state index in [0.29, 0.717) is 12.6 Å². The molecule has 1 aromatic rings. The molecule has 0 aromatic carbocycles. The Kier molecular flexibility index (Phi) is 3.48. The highest BCUT2D eigenvalue weighted by Gasteiger charge is 2.38. The zero-order valence-corrected chi connectivity index (χ0v) is 12.3.